The van der Waals surface area contributed by atoms with Crippen LogP contribution in [0.1, 0.15) is 20.6 Å². The summed E-state index contributed by atoms with van der Waals surface area (Å²) in [6.07, 6.45) is 0. The molecule has 0 bridgehead atoms. The maximum atomic E-state index is 12.8. The molecular weight excluding hydrogens is 290 g/mol. The van der Waals surface area contributed by atoms with E-state index in [2.05, 4.69) is 11.4 Å². The van der Waals surface area contributed by atoms with Gasteiger partial charge in [0.05, 0.1) is 12.7 Å². The van der Waals surface area contributed by atoms with E-state index in [1.54, 1.807) is 18.4 Å². The van der Waals surface area contributed by atoms with Gasteiger partial charge in [-0.15, -0.1) is 23.1 Å². The van der Waals surface area contributed by atoms with Crippen LogP contribution in [0.2, 0.25) is 0 Å². The molecule has 0 spiro atoms. The lowest BCUT2D eigenvalue weighted by atomic mass is 10.1. The molecule has 2 aromatic rings. The molecule has 2 heterocycles. The Labute approximate surface area is 126 Å². The fourth-order valence-electron chi connectivity index (χ4n) is 2.32. The molecule has 3 rings (SSSR count). The monoisotopic (exact) mass is 305 g/mol. The predicted octanol–water partition coefficient (Wildman–Crippen LogP) is 3.64. The van der Waals surface area contributed by atoms with E-state index in [1.165, 1.54) is 4.88 Å². The van der Waals surface area contributed by atoms with Crippen molar-refractivity contribution in [2.24, 2.45) is 0 Å². The summed E-state index contributed by atoms with van der Waals surface area (Å²) in [4.78, 5) is 15.9. The molecule has 0 saturated carbocycles. The maximum absolute atomic E-state index is 12.8. The van der Waals surface area contributed by atoms with E-state index < -0.39 is 0 Å². The molecule has 1 aromatic carbocycles. The van der Waals surface area contributed by atoms with Gasteiger partial charge in [-0.2, -0.15) is 0 Å². The molecule has 1 aliphatic heterocycles. The summed E-state index contributed by atoms with van der Waals surface area (Å²) in [5.74, 6) is 1.66. The van der Waals surface area contributed by atoms with Crippen LogP contribution in [0.4, 0.5) is 0 Å². The third-order valence-corrected chi connectivity index (χ3v) is 5.59. The Bertz CT molecular complexity index is 598. The fraction of sp³-hybridized carbons (Fsp3) is 0.267. The SMILES string of the molecule is COc1ccccc1C(=O)N1CCS[C@H]1c1cccs1. The smallest absolute Gasteiger partial charge is 0.258 e. The van der Waals surface area contributed by atoms with E-state index in [9.17, 15) is 4.79 Å². The first-order chi connectivity index (χ1) is 9.81. The molecule has 1 aromatic heterocycles. The summed E-state index contributed by atoms with van der Waals surface area (Å²) in [6.45, 7) is 0.782. The van der Waals surface area contributed by atoms with Crippen molar-refractivity contribution in [3.8, 4) is 5.75 Å². The molecule has 0 aliphatic carbocycles. The molecule has 1 aliphatic rings. The quantitative estimate of drug-likeness (QED) is 0.867. The van der Waals surface area contributed by atoms with Crippen molar-refractivity contribution in [3.05, 3.63) is 52.2 Å². The fourth-order valence-corrected chi connectivity index (χ4v) is 4.56. The van der Waals surface area contributed by atoms with Crippen LogP contribution in [0.25, 0.3) is 0 Å². The van der Waals surface area contributed by atoms with Crippen LogP contribution in [0, 0.1) is 0 Å². The lowest BCUT2D eigenvalue weighted by molar-refractivity contribution is 0.0758. The summed E-state index contributed by atoms with van der Waals surface area (Å²) < 4.78 is 5.30. The van der Waals surface area contributed by atoms with Crippen LogP contribution >= 0.6 is 23.1 Å². The molecule has 104 valence electrons. The molecule has 1 fully saturated rings. The normalized spacial score (nSPS) is 18.2. The Kier molecular flexibility index (Phi) is 3.98. The summed E-state index contributed by atoms with van der Waals surface area (Å²) >= 11 is 3.52. The highest BCUT2D eigenvalue weighted by Crippen LogP contribution is 2.41. The number of amides is 1. The molecule has 1 amide bonds. The van der Waals surface area contributed by atoms with Gasteiger partial charge in [0.2, 0.25) is 0 Å². The number of thioether (sulfide) groups is 1. The standard InChI is InChI=1S/C15H15NO2S2/c1-18-12-6-3-2-5-11(12)14(17)16-8-10-20-15(16)13-7-4-9-19-13/h2-7,9,15H,8,10H2,1H3/t15-/m0/s1. The van der Waals surface area contributed by atoms with Gasteiger partial charge in [0, 0.05) is 17.2 Å². The Morgan fingerprint density at radius 1 is 1.30 bits per heavy atom. The Balaban J connectivity index is 1.90. The van der Waals surface area contributed by atoms with Gasteiger partial charge >= 0.3 is 0 Å². The second kappa shape index (κ2) is 5.89. The van der Waals surface area contributed by atoms with Gasteiger partial charge in [-0.3, -0.25) is 4.79 Å². The minimum atomic E-state index is 0.0471. The number of hydrogen-bond donors (Lipinski definition) is 0. The van der Waals surface area contributed by atoms with Crippen molar-refractivity contribution in [1.82, 2.24) is 4.90 Å². The Morgan fingerprint density at radius 3 is 2.90 bits per heavy atom. The Morgan fingerprint density at radius 2 is 2.15 bits per heavy atom. The topological polar surface area (TPSA) is 29.5 Å². The van der Waals surface area contributed by atoms with Gasteiger partial charge in [0.15, 0.2) is 0 Å². The molecule has 5 heteroatoms. The van der Waals surface area contributed by atoms with Gasteiger partial charge in [-0.05, 0) is 23.6 Å². The second-order valence-corrected chi connectivity index (χ2v) is 6.60. The molecule has 1 atom stereocenters. The first-order valence-electron chi connectivity index (χ1n) is 6.40. The van der Waals surface area contributed by atoms with Gasteiger partial charge < -0.3 is 9.64 Å². The van der Waals surface area contributed by atoms with Crippen LogP contribution in [0.5, 0.6) is 5.75 Å². The van der Waals surface area contributed by atoms with Crippen LogP contribution in [-0.2, 0) is 0 Å². The zero-order valence-corrected chi connectivity index (χ0v) is 12.7. The van der Waals surface area contributed by atoms with Crippen molar-refractivity contribution in [1.29, 1.82) is 0 Å². The number of thiophene rings is 1. The number of carbonyl (C=O) groups excluding carboxylic acids is 1. The third kappa shape index (κ3) is 2.43. The molecule has 0 N–H and O–H groups in total. The number of nitrogens with zero attached hydrogens (tertiary/aromatic N) is 1. The largest absolute Gasteiger partial charge is 0.496 e. The lowest BCUT2D eigenvalue weighted by Gasteiger charge is -2.23. The van der Waals surface area contributed by atoms with E-state index in [1.807, 2.05) is 47.0 Å². The number of carbonyl (C=O) groups is 1. The predicted molar refractivity (Wildman–Crippen MR) is 83.5 cm³/mol. The number of hydrogen-bond acceptors (Lipinski definition) is 4. The average Bonchev–Trinajstić information content (AvgIpc) is 3.16. The average molecular weight is 305 g/mol. The van der Waals surface area contributed by atoms with E-state index in [0.717, 1.165) is 12.3 Å². The van der Waals surface area contributed by atoms with Crippen LogP contribution in [0.15, 0.2) is 41.8 Å². The van der Waals surface area contributed by atoms with Gasteiger partial charge in [-0.25, -0.2) is 0 Å². The molecule has 0 radical (unpaired) electrons. The lowest BCUT2D eigenvalue weighted by Crippen LogP contribution is -2.30. The second-order valence-electron chi connectivity index (χ2n) is 4.44. The minimum Gasteiger partial charge on any atom is -0.496 e. The van der Waals surface area contributed by atoms with E-state index in [0.29, 0.717) is 11.3 Å². The van der Waals surface area contributed by atoms with Crippen molar-refractivity contribution in [2.75, 3.05) is 19.4 Å². The molecule has 20 heavy (non-hydrogen) atoms. The summed E-state index contributed by atoms with van der Waals surface area (Å²) in [5, 5.41) is 2.19. The number of ether oxygens (including phenoxy) is 1. The van der Waals surface area contributed by atoms with E-state index >= 15 is 0 Å². The summed E-state index contributed by atoms with van der Waals surface area (Å²) in [6, 6.07) is 11.5. The molecule has 1 saturated heterocycles. The van der Waals surface area contributed by atoms with E-state index in [-0.39, 0.29) is 11.3 Å². The molecule has 3 nitrogen and oxygen atoms in total. The first kappa shape index (κ1) is 13.5. The number of benzene rings is 1. The summed E-state index contributed by atoms with van der Waals surface area (Å²) in [7, 11) is 1.60. The highest BCUT2D eigenvalue weighted by atomic mass is 32.2. The number of rotatable bonds is 3. The van der Waals surface area contributed by atoms with Gasteiger partial charge in [0.25, 0.3) is 5.91 Å². The van der Waals surface area contributed by atoms with Crippen LogP contribution in [-0.4, -0.2) is 30.2 Å². The molecule has 0 unspecified atom stereocenters. The minimum absolute atomic E-state index is 0.0471. The van der Waals surface area contributed by atoms with E-state index in [4.69, 9.17) is 4.74 Å². The third-order valence-electron chi connectivity index (χ3n) is 3.28. The number of methoxy groups -OCH3 is 1. The van der Waals surface area contributed by atoms with Crippen molar-refractivity contribution in [2.45, 2.75) is 5.37 Å². The first-order valence-corrected chi connectivity index (χ1v) is 8.33. The van der Waals surface area contributed by atoms with Gasteiger partial charge in [-0.1, -0.05) is 18.2 Å². The van der Waals surface area contributed by atoms with Crippen molar-refractivity contribution in [3.63, 3.8) is 0 Å². The van der Waals surface area contributed by atoms with Crippen LogP contribution < -0.4 is 4.74 Å². The highest BCUT2D eigenvalue weighted by molar-refractivity contribution is 7.99. The molecular formula is C15H15NO2S2. The summed E-state index contributed by atoms with van der Waals surface area (Å²) in [5.41, 5.74) is 0.638. The number of para-hydroxylation sites is 1. The van der Waals surface area contributed by atoms with Crippen molar-refractivity contribution >= 4 is 29.0 Å². The van der Waals surface area contributed by atoms with Gasteiger partial charge in [0.1, 0.15) is 11.1 Å². The zero-order chi connectivity index (χ0) is 13.9. The van der Waals surface area contributed by atoms with Crippen molar-refractivity contribution < 1.29 is 9.53 Å². The van der Waals surface area contributed by atoms with Crippen LogP contribution in [0.3, 0.4) is 0 Å². The zero-order valence-electron chi connectivity index (χ0n) is 11.1. The Hall–Kier alpha value is -1.46. The highest BCUT2D eigenvalue weighted by Gasteiger charge is 2.32. The maximum Gasteiger partial charge on any atom is 0.258 e.